The number of benzene rings is 2. The molecule has 0 unspecified atom stereocenters. The van der Waals surface area contributed by atoms with E-state index in [9.17, 15) is 0 Å². The van der Waals surface area contributed by atoms with Crippen LogP contribution < -0.4 is 5.73 Å². The van der Waals surface area contributed by atoms with Crippen LogP contribution in [-0.2, 0) is 0 Å². The van der Waals surface area contributed by atoms with E-state index in [1.807, 2.05) is 48.5 Å². The van der Waals surface area contributed by atoms with Gasteiger partial charge in [0, 0.05) is 16.0 Å². The SMILES string of the molecule is CCCSc1ccccc1-c1cnc(N)c(-c2nnc(-c3ccccc3)o2)n1. The molecule has 0 fully saturated rings. The summed E-state index contributed by atoms with van der Waals surface area (Å²) in [5.74, 6) is 1.97. The highest BCUT2D eigenvalue weighted by Gasteiger charge is 2.17. The zero-order valence-corrected chi connectivity index (χ0v) is 16.2. The van der Waals surface area contributed by atoms with Gasteiger partial charge < -0.3 is 10.2 Å². The van der Waals surface area contributed by atoms with Crippen molar-refractivity contribution in [1.82, 2.24) is 20.2 Å². The van der Waals surface area contributed by atoms with E-state index >= 15 is 0 Å². The molecule has 6 nitrogen and oxygen atoms in total. The van der Waals surface area contributed by atoms with Crippen molar-refractivity contribution in [1.29, 1.82) is 0 Å². The van der Waals surface area contributed by atoms with E-state index < -0.39 is 0 Å². The highest BCUT2D eigenvalue weighted by molar-refractivity contribution is 7.99. The molecule has 2 heterocycles. The molecule has 0 amide bonds. The van der Waals surface area contributed by atoms with Crippen molar-refractivity contribution in [2.24, 2.45) is 0 Å². The fourth-order valence-corrected chi connectivity index (χ4v) is 3.64. The lowest BCUT2D eigenvalue weighted by molar-refractivity contribution is 0.582. The lowest BCUT2D eigenvalue weighted by atomic mass is 10.1. The summed E-state index contributed by atoms with van der Waals surface area (Å²) in [5, 5.41) is 8.25. The maximum atomic E-state index is 6.06. The third-order valence-corrected chi connectivity index (χ3v) is 5.35. The molecule has 2 aromatic heterocycles. The number of aromatic nitrogens is 4. The summed E-state index contributed by atoms with van der Waals surface area (Å²) < 4.78 is 5.81. The summed E-state index contributed by atoms with van der Waals surface area (Å²) in [7, 11) is 0. The fourth-order valence-electron chi connectivity index (χ4n) is 2.72. The summed E-state index contributed by atoms with van der Waals surface area (Å²) >= 11 is 1.80. The topological polar surface area (TPSA) is 90.7 Å². The lowest BCUT2D eigenvalue weighted by Crippen LogP contribution is -1.99. The first-order valence-electron chi connectivity index (χ1n) is 9.00. The zero-order valence-electron chi connectivity index (χ0n) is 15.4. The molecule has 28 heavy (non-hydrogen) atoms. The second-order valence-electron chi connectivity index (χ2n) is 6.11. The maximum absolute atomic E-state index is 6.06. The van der Waals surface area contributed by atoms with Crippen molar-refractivity contribution < 1.29 is 4.42 Å². The molecule has 0 aliphatic carbocycles. The molecule has 140 valence electrons. The van der Waals surface area contributed by atoms with Gasteiger partial charge in [-0.3, -0.25) is 0 Å². The van der Waals surface area contributed by atoms with Crippen molar-refractivity contribution >= 4 is 17.6 Å². The van der Waals surface area contributed by atoms with Crippen LogP contribution in [0.2, 0.25) is 0 Å². The van der Waals surface area contributed by atoms with E-state index in [-0.39, 0.29) is 11.7 Å². The molecule has 2 N–H and O–H groups in total. The van der Waals surface area contributed by atoms with E-state index in [1.54, 1.807) is 18.0 Å². The van der Waals surface area contributed by atoms with E-state index in [0.29, 0.717) is 11.6 Å². The number of rotatable bonds is 6. The predicted octanol–water partition coefficient (Wildman–Crippen LogP) is 4.94. The first-order valence-corrected chi connectivity index (χ1v) is 9.99. The zero-order chi connectivity index (χ0) is 19.3. The molecule has 4 aromatic rings. The minimum absolute atomic E-state index is 0.254. The van der Waals surface area contributed by atoms with Crippen LogP contribution >= 0.6 is 11.8 Å². The molecule has 0 saturated heterocycles. The minimum Gasteiger partial charge on any atom is -0.414 e. The van der Waals surface area contributed by atoms with Gasteiger partial charge in [-0.25, -0.2) is 9.97 Å². The molecule has 0 spiro atoms. The average molecular weight is 389 g/mol. The number of nitrogens with two attached hydrogens (primary N) is 1. The Labute approximate surface area is 167 Å². The Bertz CT molecular complexity index is 1080. The number of anilines is 1. The Morgan fingerprint density at radius 2 is 1.71 bits per heavy atom. The minimum atomic E-state index is 0.254. The fraction of sp³-hybridized carbons (Fsp3) is 0.143. The Balaban J connectivity index is 1.72. The largest absolute Gasteiger partial charge is 0.414 e. The second kappa shape index (κ2) is 8.22. The van der Waals surface area contributed by atoms with Crippen LogP contribution in [0.25, 0.3) is 34.3 Å². The number of nitrogen functional groups attached to an aromatic ring is 1. The average Bonchev–Trinajstić information content (AvgIpc) is 3.23. The van der Waals surface area contributed by atoms with Gasteiger partial charge in [0.15, 0.2) is 11.5 Å². The number of hydrogen-bond donors (Lipinski definition) is 1. The maximum Gasteiger partial charge on any atom is 0.270 e. The molecule has 0 radical (unpaired) electrons. The molecule has 0 saturated carbocycles. The first-order chi connectivity index (χ1) is 13.8. The van der Waals surface area contributed by atoms with Crippen molar-refractivity contribution in [2.45, 2.75) is 18.2 Å². The third-order valence-electron chi connectivity index (χ3n) is 4.07. The van der Waals surface area contributed by atoms with Gasteiger partial charge in [0.05, 0.1) is 11.9 Å². The normalized spacial score (nSPS) is 10.9. The molecular formula is C21H19N5OS. The van der Waals surface area contributed by atoms with E-state index in [1.165, 1.54) is 0 Å². The van der Waals surface area contributed by atoms with Gasteiger partial charge in [0.2, 0.25) is 5.89 Å². The van der Waals surface area contributed by atoms with Crippen molar-refractivity contribution in [3.05, 3.63) is 60.8 Å². The van der Waals surface area contributed by atoms with Crippen molar-refractivity contribution in [3.8, 4) is 34.3 Å². The van der Waals surface area contributed by atoms with Gasteiger partial charge in [-0.05, 0) is 30.4 Å². The number of hydrogen-bond acceptors (Lipinski definition) is 7. The molecule has 0 aliphatic heterocycles. The predicted molar refractivity (Wildman–Crippen MR) is 112 cm³/mol. The smallest absolute Gasteiger partial charge is 0.270 e. The molecule has 4 rings (SSSR count). The number of thioether (sulfide) groups is 1. The summed E-state index contributed by atoms with van der Waals surface area (Å²) in [6, 6.07) is 17.7. The van der Waals surface area contributed by atoms with Crippen LogP contribution in [0.5, 0.6) is 0 Å². The molecule has 0 atom stereocenters. The van der Waals surface area contributed by atoms with E-state index in [2.05, 4.69) is 28.2 Å². The molecule has 0 aliphatic rings. The monoisotopic (exact) mass is 389 g/mol. The number of nitrogens with zero attached hydrogens (tertiary/aromatic N) is 4. The van der Waals surface area contributed by atoms with Crippen molar-refractivity contribution in [2.75, 3.05) is 11.5 Å². The lowest BCUT2D eigenvalue weighted by Gasteiger charge is -2.09. The quantitative estimate of drug-likeness (QED) is 0.467. The first kappa shape index (κ1) is 18.2. The summed E-state index contributed by atoms with van der Waals surface area (Å²) in [4.78, 5) is 10.2. The molecule has 7 heteroatoms. The van der Waals surface area contributed by atoms with E-state index in [4.69, 9.17) is 15.1 Å². The van der Waals surface area contributed by atoms with Gasteiger partial charge in [-0.2, -0.15) is 0 Å². The summed E-state index contributed by atoms with van der Waals surface area (Å²) in [6.07, 6.45) is 2.78. The van der Waals surface area contributed by atoms with Gasteiger partial charge in [-0.15, -0.1) is 22.0 Å². The van der Waals surface area contributed by atoms with Crippen LogP contribution in [-0.4, -0.2) is 25.9 Å². The van der Waals surface area contributed by atoms with Crippen molar-refractivity contribution in [3.63, 3.8) is 0 Å². The van der Waals surface area contributed by atoms with Gasteiger partial charge in [0.25, 0.3) is 5.89 Å². The van der Waals surface area contributed by atoms with Crippen LogP contribution in [0, 0.1) is 0 Å². The highest BCUT2D eigenvalue weighted by Crippen LogP contribution is 2.33. The van der Waals surface area contributed by atoms with Crippen LogP contribution in [0.3, 0.4) is 0 Å². The van der Waals surface area contributed by atoms with Crippen LogP contribution in [0.1, 0.15) is 13.3 Å². The standard InChI is InChI=1S/C21H19N5OS/c1-2-12-28-17-11-7-6-10-15(17)16-13-23-19(22)18(24-16)21-26-25-20(27-21)14-8-4-3-5-9-14/h3-11,13H,2,12H2,1H3,(H2,22,23). The third kappa shape index (κ3) is 3.75. The summed E-state index contributed by atoms with van der Waals surface area (Å²) in [6.45, 7) is 2.16. The van der Waals surface area contributed by atoms with E-state index in [0.717, 1.165) is 33.9 Å². The van der Waals surface area contributed by atoms with Gasteiger partial charge in [0.1, 0.15) is 0 Å². The van der Waals surface area contributed by atoms with Gasteiger partial charge in [-0.1, -0.05) is 43.3 Å². The Kier molecular flexibility index (Phi) is 5.34. The molecule has 2 aromatic carbocycles. The molecule has 0 bridgehead atoms. The van der Waals surface area contributed by atoms with Crippen LogP contribution in [0.4, 0.5) is 5.82 Å². The van der Waals surface area contributed by atoms with Gasteiger partial charge >= 0.3 is 0 Å². The Hall–Kier alpha value is -3.19. The highest BCUT2D eigenvalue weighted by atomic mass is 32.2. The van der Waals surface area contributed by atoms with Crippen LogP contribution in [0.15, 0.2) is 70.1 Å². The molecular weight excluding hydrogens is 370 g/mol. The Morgan fingerprint density at radius 1 is 0.964 bits per heavy atom. The second-order valence-corrected chi connectivity index (χ2v) is 7.25. The Morgan fingerprint density at radius 3 is 2.54 bits per heavy atom. The summed E-state index contributed by atoms with van der Waals surface area (Å²) in [5.41, 5.74) is 9.02.